The number of thioether (sulfide) groups is 1. The third-order valence-corrected chi connectivity index (χ3v) is 7.64. The summed E-state index contributed by atoms with van der Waals surface area (Å²) in [5.74, 6) is -0.724. The summed E-state index contributed by atoms with van der Waals surface area (Å²) in [6, 6.07) is 6.01. The van der Waals surface area contributed by atoms with Crippen molar-refractivity contribution in [2.45, 2.75) is 31.3 Å². The molecule has 0 saturated carbocycles. The number of halogens is 2. The van der Waals surface area contributed by atoms with Crippen molar-refractivity contribution in [3.63, 3.8) is 0 Å². The number of hydrogen-bond acceptors (Lipinski definition) is 5. The standard InChI is InChI=1S/C25H24F2N4O2S/c1-4-19(32)29-8-9-30(15(3)13-29)24-17-12-14(2)20(16-6-5-7-18(26)21(16)27)23-22(17)31(10-11-34-23)25(33)28-24/h4-7,12,15H,1,8-11,13H2,2-3H3/t15-/m0/s1. The Morgan fingerprint density at radius 1 is 1.26 bits per heavy atom. The number of aryl methyl sites for hydroxylation is 2. The smallest absolute Gasteiger partial charge is 0.350 e. The Hall–Kier alpha value is -3.20. The number of carbonyl (C=O) groups excluding carboxylic acids is 1. The predicted octanol–water partition coefficient (Wildman–Crippen LogP) is 3.98. The molecular weight excluding hydrogens is 458 g/mol. The summed E-state index contributed by atoms with van der Waals surface area (Å²) < 4.78 is 30.5. The quantitative estimate of drug-likeness (QED) is 0.529. The minimum absolute atomic E-state index is 0.0664. The Labute approximate surface area is 199 Å². The first-order chi connectivity index (χ1) is 16.3. The highest BCUT2D eigenvalue weighted by Gasteiger charge is 2.31. The zero-order valence-corrected chi connectivity index (χ0v) is 19.8. The lowest BCUT2D eigenvalue weighted by Gasteiger charge is -2.41. The van der Waals surface area contributed by atoms with Crippen molar-refractivity contribution in [1.82, 2.24) is 14.5 Å². The average molecular weight is 483 g/mol. The number of piperazine rings is 1. The van der Waals surface area contributed by atoms with E-state index in [1.807, 2.05) is 19.9 Å². The molecule has 2 aromatic carbocycles. The van der Waals surface area contributed by atoms with Crippen LogP contribution in [0.1, 0.15) is 12.5 Å². The van der Waals surface area contributed by atoms with Gasteiger partial charge in [-0.1, -0.05) is 18.7 Å². The van der Waals surface area contributed by atoms with Crippen molar-refractivity contribution < 1.29 is 13.6 Å². The predicted molar refractivity (Wildman–Crippen MR) is 130 cm³/mol. The highest BCUT2D eigenvalue weighted by Crippen LogP contribution is 2.44. The van der Waals surface area contributed by atoms with Crippen LogP contribution < -0.4 is 10.6 Å². The first kappa shape index (κ1) is 22.6. The number of nitrogens with zero attached hydrogens (tertiary/aromatic N) is 4. The van der Waals surface area contributed by atoms with Crippen LogP contribution in [0.2, 0.25) is 0 Å². The van der Waals surface area contributed by atoms with Gasteiger partial charge in [0.15, 0.2) is 11.6 Å². The topological polar surface area (TPSA) is 58.4 Å². The summed E-state index contributed by atoms with van der Waals surface area (Å²) in [7, 11) is 0. The van der Waals surface area contributed by atoms with Gasteiger partial charge in [-0.2, -0.15) is 4.98 Å². The minimum atomic E-state index is -0.904. The van der Waals surface area contributed by atoms with Crippen molar-refractivity contribution in [3.8, 4) is 11.1 Å². The Morgan fingerprint density at radius 3 is 2.79 bits per heavy atom. The molecule has 5 rings (SSSR count). The fraction of sp³-hybridized carbons (Fsp3) is 0.320. The Bertz CT molecular complexity index is 1400. The van der Waals surface area contributed by atoms with Gasteiger partial charge in [-0.15, -0.1) is 11.8 Å². The van der Waals surface area contributed by atoms with Gasteiger partial charge in [0.25, 0.3) is 0 Å². The van der Waals surface area contributed by atoms with Crippen molar-refractivity contribution >= 4 is 34.4 Å². The molecule has 176 valence electrons. The van der Waals surface area contributed by atoms with E-state index >= 15 is 0 Å². The molecule has 1 saturated heterocycles. The number of hydrogen-bond donors (Lipinski definition) is 0. The molecule has 0 aliphatic carbocycles. The van der Waals surface area contributed by atoms with Gasteiger partial charge in [0.2, 0.25) is 5.91 Å². The van der Waals surface area contributed by atoms with Gasteiger partial charge >= 0.3 is 5.69 Å². The highest BCUT2D eigenvalue weighted by molar-refractivity contribution is 7.99. The van der Waals surface area contributed by atoms with Gasteiger partial charge in [-0.05, 0) is 37.6 Å². The number of amides is 1. The van der Waals surface area contributed by atoms with Crippen molar-refractivity contribution in [3.05, 3.63) is 64.6 Å². The largest absolute Gasteiger partial charge is 0.350 e. The molecule has 1 atom stereocenters. The van der Waals surface area contributed by atoms with E-state index in [2.05, 4.69) is 16.5 Å². The van der Waals surface area contributed by atoms with E-state index in [0.717, 1.165) is 21.9 Å². The molecular formula is C25H24F2N4O2S. The van der Waals surface area contributed by atoms with Crippen LogP contribution >= 0.6 is 11.8 Å². The van der Waals surface area contributed by atoms with E-state index in [9.17, 15) is 18.4 Å². The first-order valence-electron chi connectivity index (χ1n) is 11.1. The Kier molecular flexibility index (Phi) is 5.67. The summed E-state index contributed by atoms with van der Waals surface area (Å²) in [5.41, 5.74) is 1.91. The molecule has 0 radical (unpaired) electrons. The summed E-state index contributed by atoms with van der Waals surface area (Å²) in [6.45, 7) is 9.43. The number of aromatic nitrogens is 2. The van der Waals surface area contributed by atoms with E-state index in [-0.39, 0.29) is 23.2 Å². The normalized spacial score (nSPS) is 17.8. The fourth-order valence-electron chi connectivity index (χ4n) is 4.96. The summed E-state index contributed by atoms with van der Waals surface area (Å²) >= 11 is 1.54. The van der Waals surface area contributed by atoms with Gasteiger partial charge < -0.3 is 9.80 Å². The second-order valence-electron chi connectivity index (χ2n) is 8.64. The van der Waals surface area contributed by atoms with E-state index < -0.39 is 11.6 Å². The fourth-order valence-corrected chi connectivity index (χ4v) is 6.21. The SMILES string of the molecule is C=CC(=O)N1CCN(c2nc(=O)n3c4c(c(-c5cccc(F)c5F)c(C)cc24)SCC3)[C@@H](C)C1. The second-order valence-corrected chi connectivity index (χ2v) is 9.75. The lowest BCUT2D eigenvalue weighted by atomic mass is 9.97. The van der Waals surface area contributed by atoms with Crippen LogP contribution in [0.4, 0.5) is 14.6 Å². The van der Waals surface area contributed by atoms with Crippen LogP contribution in [0.5, 0.6) is 0 Å². The minimum Gasteiger partial charge on any atom is -0.350 e. The Balaban J connectivity index is 1.72. The maximum atomic E-state index is 14.8. The molecule has 9 heteroatoms. The molecule has 1 amide bonds. The highest BCUT2D eigenvalue weighted by atomic mass is 32.2. The molecule has 1 aromatic heterocycles. The van der Waals surface area contributed by atoms with Crippen LogP contribution in [0.25, 0.3) is 22.0 Å². The monoisotopic (exact) mass is 482 g/mol. The number of anilines is 1. The van der Waals surface area contributed by atoms with E-state index in [0.29, 0.717) is 48.8 Å². The van der Waals surface area contributed by atoms with Crippen LogP contribution in [-0.4, -0.2) is 51.8 Å². The van der Waals surface area contributed by atoms with Gasteiger partial charge in [-0.3, -0.25) is 9.36 Å². The maximum absolute atomic E-state index is 14.8. The molecule has 3 aromatic rings. The van der Waals surface area contributed by atoms with E-state index in [1.54, 1.807) is 27.3 Å². The van der Waals surface area contributed by atoms with Crippen molar-refractivity contribution in [1.29, 1.82) is 0 Å². The first-order valence-corrected chi connectivity index (χ1v) is 12.1. The lowest BCUT2D eigenvalue weighted by molar-refractivity contribution is -0.126. The van der Waals surface area contributed by atoms with Crippen LogP contribution in [0.15, 0.2) is 46.6 Å². The van der Waals surface area contributed by atoms with Gasteiger partial charge in [0, 0.05) is 59.4 Å². The summed E-state index contributed by atoms with van der Waals surface area (Å²) in [6.07, 6.45) is 1.31. The number of rotatable bonds is 3. The van der Waals surface area contributed by atoms with Crippen molar-refractivity contribution in [2.24, 2.45) is 0 Å². The molecule has 0 spiro atoms. The summed E-state index contributed by atoms with van der Waals surface area (Å²) in [5, 5.41) is 0.801. The number of benzene rings is 2. The van der Waals surface area contributed by atoms with Crippen molar-refractivity contribution in [2.75, 3.05) is 30.3 Å². The maximum Gasteiger partial charge on any atom is 0.350 e. The zero-order valence-electron chi connectivity index (χ0n) is 19.0. The van der Waals surface area contributed by atoms with Gasteiger partial charge in [-0.25, -0.2) is 13.6 Å². The van der Waals surface area contributed by atoms with E-state index in [1.165, 1.54) is 12.1 Å². The Morgan fingerprint density at radius 2 is 2.06 bits per heavy atom. The molecule has 34 heavy (non-hydrogen) atoms. The van der Waals surface area contributed by atoms with Crippen LogP contribution in [-0.2, 0) is 11.3 Å². The molecule has 2 aliphatic rings. The third-order valence-electron chi connectivity index (χ3n) is 6.56. The molecule has 1 fully saturated rings. The van der Waals surface area contributed by atoms with E-state index in [4.69, 9.17) is 0 Å². The third kappa shape index (κ3) is 3.50. The van der Waals surface area contributed by atoms with Gasteiger partial charge in [0.05, 0.1) is 5.52 Å². The second kappa shape index (κ2) is 8.54. The molecule has 6 nitrogen and oxygen atoms in total. The van der Waals surface area contributed by atoms with Gasteiger partial charge in [0.1, 0.15) is 5.82 Å². The molecule has 3 heterocycles. The number of carbonyl (C=O) groups is 1. The molecule has 0 N–H and O–H groups in total. The summed E-state index contributed by atoms with van der Waals surface area (Å²) in [4.78, 5) is 34.2. The average Bonchev–Trinajstić information content (AvgIpc) is 2.83. The van der Waals surface area contributed by atoms with Crippen LogP contribution in [0.3, 0.4) is 0 Å². The molecule has 0 unspecified atom stereocenters. The lowest BCUT2D eigenvalue weighted by Crippen LogP contribution is -2.54. The zero-order chi connectivity index (χ0) is 24.1. The molecule has 2 aliphatic heterocycles. The van der Waals surface area contributed by atoms with Crippen LogP contribution in [0, 0.1) is 18.6 Å². The molecule has 0 bridgehead atoms.